The molecule has 132 valence electrons. The molecule has 0 bridgehead atoms. The van der Waals surface area contributed by atoms with Crippen LogP contribution in [0.3, 0.4) is 0 Å². The molecule has 1 amide bonds. The Bertz CT molecular complexity index is 965. The van der Waals surface area contributed by atoms with Gasteiger partial charge in [-0.05, 0) is 44.5 Å². The molecule has 2 heterocycles. The van der Waals surface area contributed by atoms with Crippen molar-refractivity contribution in [1.82, 2.24) is 9.13 Å². The van der Waals surface area contributed by atoms with E-state index in [4.69, 9.17) is 0 Å². The van der Waals surface area contributed by atoms with E-state index in [1.165, 1.54) is 16.9 Å². The fourth-order valence-electron chi connectivity index (χ4n) is 3.00. The molecule has 3 aromatic rings. The number of anilines is 1. The molecule has 0 aliphatic carbocycles. The molecule has 0 saturated heterocycles. The van der Waals surface area contributed by atoms with Crippen molar-refractivity contribution in [2.24, 2.45) is 0 Å². The molecular formula is C19H23N3O2S. The minimum absolute atomic E-state index is 0.00137. The monoisotopic (exact) mass is 357 g/mol. The maximum atomic E-state index is 12.2. The van der Waals surface area contributed by atoms with E-state index >= 15 is 0 Å². The zero-order valence-corrected chi connectivity index (χ0v) is 15.7. The molecule has 0 unspecified atom stereocenters. The number of thiazole rings is 1. The lowest BCUT2D eigenvalue weighted by Gasteiger charge is -2.08. The summed E-state index contributed by atoms with van der Waals surface area (Å²) in [6.07, 6.45) is 3.45. The Kier molecular flexibility index (Phi) is 5.08. The van der Waals surface area contributed by atoms with Gasteiger partial charge in [-0.1, -0.05) is 18.3 Å². The second-order valence-corrected chi connectivity index (χ2v) is 7.41. The molecule has 0 atom stereocenters. The van der Waals surface area contributed by atoms with E-state index in [0.717, 1.165) is 34.6 Å². The molecular weight excluding hydrogens is 334 g/mol. The molecule has 0 aliphatic heterocycles. The predicted octanol–water partition coefficient (Wildman–Crippen LogP) is 3.92. The Morgan fingerprint density at radius 1 is 1.20 bits per heavy atom. The number of fused-ring (bicyclic) bond motifs is 1. The first-order valence-corrected chi connectivity index (χ1v) is 9.37. The van der Waals surface area contributed by atoms with Crippen molar-refractivity contribution in [2.75, 3.05) is 5.32 Å². The number of carbonyl (C=O) groups excluding carboxylic acids is 1. The van der Waals surface area contributed by atoms with Crippen molar-refractivity contribution >= 4 is 33.8 Å². The maximum absolute atomic E-state index is 12.2. The molecule has 25 heavy (non-hydrogen) atoms. The van der Waals surface area contributed by atoms with Crippen molar-refractivity contribution in [1.29, 1.82) is 0 Å². The zero-order valence-electron chi connectivity index (χ0n) is 14.8. The first kappa shape index (κ1) is 17.5. The van der Waals surface area contributed by atoms with Gasteiger partial charge in [0.15, 0.2) is 0 Å². The lowest BCUT2D eigenvalue weighted by atomic mass is 10.2. The van der Waals surface area contributed by atoms with Gasteiger partial charge in [-0.3, -0.25) is 9.59 Å². The van der Waals surface area contributed by atoms with Gasteiger partial charge >= 0.3 is 4.87 Å². The number of hydrogen-bond acceptors (Lipinski definition) is 3. The molecule has 0 spiro atoms. The second kappa shape index (κ2) is 7.27. The fraction of sp³-hybridized carbons (Fsp3) is 0.368. The van der Waals surface area contributed by atoms with E-state index in [-0.39, 0.29) is 17.2 Å². The summed E-state index contributed by atoms with van der Waals surface area (Å²) in [7, 11) is 0. The number of rotatable bonds is 6. The Labute approximate surface area is 150 Å². The highest BCUT2D eigenvalue weighted by Gasteiger charge is 2.10. The number of nitrogens with zero attached hydrogens (tertiary/aromatic N) is 2. The Hall–Kier alpha value is -2.34. The van der Waals surface area contributed by atoms with Crippen LogP contribution in [0.1, 0.15) is 30.3 Å². The highest BCUT2D eigenvalue weighted by Crippen LogP contribution is 2.21. The van der Waals surface area contributed by atoms with Crippen LogP contribution in [0.2, 0.25) is 0 Å². The summed E-state index contributed by atoms with van der Waals surface area (Å²) in [6.45, 7) is 7.40. The highest BCUT2D eigenvalue weighted by molar-refractivity contribution is 7.09. The number of amides is 1. The highest BCUT2D eigenvalue weighted by atomic mass is 32.1. The molecule has 0 radical (unpaired) electrons. The quantitative estimate of drug-likeness (QED) is 0.727. The molecule has 1 N–H and O–H groups in total. The summed E-state index contributed by atoms with van der Waals surface area (Å²) < 4.78 is 3.89. The van der Waals surface area contributed by atoms with Gasteiger partial charge in [-0.15, -0.1) is 0 Å². The lowest BCUT2D eigenvalue weighted by molar-refractivity contribution is -0.116. The van der Waals surface area contributed by atoms with Crippen LogP contribution in [0.25, 0.3) is 10.9 Å². The number of carbonyl (C=O) groups is 1. The van der Waals surface area contributed by atoms with Gasteiger partial charge in [0, 0.05) is 52.9 Å². The normalized spacial score (nSPS) is 11.2. The molecule has 0 aliphatic rings. The number of nitrogens with one attached hydrogen (secondary N) is 1. The average Bonchev–Trinajstić information content (AvgIpc) is 3.07. The fourth-order valence-corrected chi connectivity index (χ4v) is 3.85. The lowest BCUT2D eigenvalue weighted by Crippen LogP contribution is -2.20. The zero-order chi connectivity index (χ0) is 18.0. The number of aromatic nitrogens is 2. The molecule has 0 fully saturated rings. The Balaban J connectivity index is 1.66. The van der Waals surface area contributed by atoms with Crippen molar-refractivity contribution in [3.05, 3.63) is 50.7 Å². The van der Waals surface area contributed by atoms with Crippen LogP contribution in [0.15, 0.2) is 35.3 Å². The molecule has 0 saturated carbocycles. The second-order valence-electron chi connectivity index (χ2n) is 6.24. The Morgan fingerprint density at radius 2 is 2.00 bits per heavy atom. The van der Waals surface area contributed by atoms with Crippen molar-refractivity contribution < 1.29 is 4.79 Å². The van der Waals surface area contributed by atoms with Crippen molar-refractivity contribution in [3.63, 3.8) is 0 Å². The van der Waals surface area contributed by atoms with Crippen LogP contribution in [0, 0.1) is 13.8 Å². The standard InChI is InChI=1S/C19H23N3O2S/c1-4-9-21-10-7-15-12-16(5-6-17(15)21)20-18(23)8-11-22-13(2)14(3)25-19(22)24/h5-7,10,12H,4,8-9,11H2,1-3H3,(H,20,23). The molecule has 6 heteroatoms. The SMILES string of the molecule is CCCn1ccc2cc(NC(=O)CCn3c(C)c(C)sc3=O)ccc21. The van der Waals surface area contributed by atoms with E-state index in [2.05, 4.69) is 29.1 Å². The van der Waals surface area contributed by atoms with E-state index in [1.54, 1.807) is 4.57 Å². The summed E-state index contributed by atoms with van der Waals surface area (Å²) in [6, 6.07) is 8.03. The average molecular weight is 357 g/mol. The van der Waals surface area contributed by atoms with Crippen LogP contribution >= 0.6 is 11.3 Å². The van der Waals surface area contributed by atoms with Gasteiger partial charge in [-0.25, -0.2) is 0 Å². The van der Waals surface area contributed by atoms with Crippen LogP contribution in [0.4, 0.5) is 5.69 Å². The minimum Gasteiger partial charge on any atom is -0.347 e. The minimum atomic E-state index is -0.0810. The summed E-state index contributed by atoms with van der Waals surface area (Å²) in [5, 5.41) is 4.05. The predicted molar refractivity (Wildman–Crippen MR) is 104 cm³/mol. The van der Waals surface area contributed by atoms with Gasteiger partial charge in [0.25, 0.3) is 0 Å². The van der Waals surface area contributed by atoms with Gasteiger partial charge in [0.1, 0.15) is 0 Å². The van der Waals surface area contributed by atoms with Crippen LogP contribution < -0.4 is 10.2 Å². The molecule has 5 nitrogen and oxygen atoms in total. The van der Waals surface area contributed by atoms with Gasteiger partial charge in [-0.2, -0.15) is 0 Å². The third-order valence-corrected chi connectivity index (χ3v) is 5.45. The first-order chi connectivity index (χ1) is 12.0. The number of benzene rings is 1. The van der Waals surface area contributed by atoms with Gasteiger partial charge in [0.05, 0.1) is 0 Å². The molecule has 3 rings (SSSR count). The summed E-state index contributed by atoms with van der Waals surface area (Å²) in [5.74, 6) is -0.0810. The molecule has 1 aromatic carbocycles. The van der Waals surface area contributed by atoms with Gasteiger partial charge in [0.2, 0.25) is 5.91 Å². The topological polar surface area (TPSA) is 56.0 Å². The summed E-state index contributed by atoms with van der Waals surface area (Å²) >= 11 is 1.23. The van der Waals surface area contributed by atoms with Crippen LogP contribution in [-0.2, 0) is 17.9 Å². The van der Waals surface area contributed by atoms with E-state index in [1.807, 2.05) is 32.0 Å². The molecule has 2 aromatic heterocycles. The summed E-state index contributed by atoms with van der Waals surface area (Å²) in [5.41, 5.74) is 2.91. The Morgan fingerprint density at radius 3 is 2.68 bits per heavy atom. The van der Waals surface area contributed by atoms with Crippen LogP contribution in [-0.4, -0.2) is 15.0 Å². The van der Waals surface area contributed by atoms with E-state index < -0.39 is 0 Å². The van der Waals surface area contributed by atoms with E-state index in [9.17, 15) is 9.59 Å². The first-order valence-electron chi connectivity index (χ1n) is 8.55. The maximum Gasteiger partial charge on any atom is 0.307 e. The van der Waals surface area contributed by atoms with Crippen molar-refractivity contribution in [2.45, 2.75) is 46.7 Å². The third-order valence-electron chi connectivity index (χ3n) is 4.46. The van der Waals surface area contributed by atoms with Gasteiger partial charge < -0.3 is 14.5 Å². The third kappa shape index (κ3) is 3.69. The van der Waals surface area contributed by atoms with Crippen molar-refractivity contribution in [3.8, 4) is 0 Å². The summed E-state index contributed by atoms with van der Waals surface area (Å²) in [4.78, 5) is 25.1. The largest absolute Gasteiger partial charge is 0.347 e. The number of hydrogen-bond donors (Lipinski definition) is 1. The number of aryl methyl sites for hydroxylation is 2. The van der Waals surface area contributed by atoms with E-state index in [0.29, 0.717) is 6.54 Å². The smallest absolute Gasteiger partial charge is 0.307 e. The van der Waals surface area contributed by atoms with Crippen LogP contribution in [0.5, 0.6) is 0 Å².